The van der Waals surface area contributed by atoms with Crippen molar-refractivity contribution in [3.63, 3.8) is 0 Å². The van der Waals surface area contributed by atoms with Crippen LogP contribution in [0.15, 0.2) is 5.51 Å². The van der Waals surface area contributed by atoms with Gasteiger partial charge in [-0.25, -0.2) is 4.98 Å². The number of nitrogens with zero attached hydrogens (tertiary/aromatic N) is 1. The second-order valence-corrected chi connectivity index (χ2v) is 4.05. The Kier molecular flexibility index (Phi) is 1.69. The van der Waals surface area contributed by atoms with Crippen LogP contribution >= 0.6 is 11.3 Å². The zero-order valence-corrected chi connectivity index (χ0v) is 7.40. The maximum atomic E-state index is 5.79. The highest BCUT2D eigenvalue weighted by molar-refractivity contribution is 7.09. The second kappa shape index (κ2) is 2.57. The highest BCUT2D eigenvalue weighted by Gasteiger charge is 2.28. The van der Waals surface area contributed by atoms with Crippen LogP contribution in [-0.2, 0) is 0 Å². The highest BCUT2D eigenvalue weighted by Crippen LogP contribution is 2.42. The predicted octanol–water partition coefficient (Wildman–Crippen LogP) is 2.04. The molecule has 3 heteroatoms. The van der Waals surface area contributed by atoms with Crippen molar-refractivity contribution in [1.29, 1.82) is 0 Å². The van der Waals surface area contributed by atoms with Crippen molar-refractivity contribution in [1.82, 2.24) is 4.98 Å². The molecule has 11 heavy (non-hydrogen) atoms. The Labute approximate surface area is 70.5 Å². The van der Waals surface area contributed by atoms with Crippen molar-refractivity contribution in [2.75, 3.05) is 0 Å². The molecule has 0 spiro atoms. The van der Waals surface area contributed by atoms with Crippen molar-refractivity contribution in [3.05, 3.63) is 16.1 Å². The van der Waals surface area contributed by atoms with Crippen LogP contribution in [-0.4, -0.2) is 4.98 Å². The van der Waals surface area contributed by atoms with Gasteiger partial charge in [0.05, 0.1) is 11.2 Å². The number of aromatic nitrogens is 1. The lowest BCUT2D eigenvalue weighted by atomic mass is 10.2. The molecule has 2 N–H and O–H groups in total. The van der Waals surface area contributed by atoms with E-state index in [4.69, 9.17) is 5.73 Å². The predicted molar refractivity (Wildman–Crippen MR) is 46.7 cm³/mol. The first kappa shape index (κ1) is 7.25. The fourth-order valence-corrected chi connectivity index (χ4v) is 2.10. The molecule has 1 aliphatic carbocycles. The largest absolute Gasteiger partial charge is 0.323 e. The first-order valence-electron chi connectivity index (χ1n) is 3.98. The molecule has 2 nitrogen and oxygen atoms in total. The minimum absolute atomic E-state index is 0.165. The van der Waals surface area contributed by atoms with Gasteiger partial charge in [0.15, 0.2) is 0 Å². The topological polar surface area (TPSA) is 38.9 Å². The summed E-state index contributed by atoms with van der Waals surface area (Å²) in [5.74, 6) is 0.738. The van der Waals surface area contributed by atoms with Gasteiger partial charge >= 0.3 is 0 Å². The molecule has 1 atom stereocenters. The van der Waals surface area contributed by atoms with Crippen LogP contribution in [0.2, 0.25) is 0 Å². The molecule has 60 valence electrons. The number of rotatable bonds is 2. The Hall–Kier alpha value is -0.410. The van der Waals surface area contributed by atoms with E-state index in [9.17, 15) is 0 Å². The van der Waals surface area contributed by atoms with Crippen LogP contribution in [0.1, 0.15) is 42.3 Å². The van der Waals surface area contributed by atoms with Gasteiger partial charge in [0.2, 0.25) is 0 Å². The van der Waals surface area contributed by atoms with E-state index in [0.717, 1.165) is 5.92 Å². The van der Waals surface area contributed by atoms with E-state index in [1.165, 1.54) is 23.4 Å². The summed E-state index contributed by atoms with van der Waals surface area (Å²) in [6.45, 7) is 2.03. The number of thiazole rings is 1. The molecule has 0 saturated heterocycles. The third-order valence-electron chi connectivity index (χ3n) is 2.00. The molecular weight excluding hydrogens is 156 g/mol. The zero-order valence-electron chi connectivity index (χ0n) is 6.58. The standard InChI is InChI=1S/C8H12N2S/c1-5(9)8-7(6-2-3-6)10-4-11-8/h4-6H,2-3,9H2,1H3/t5-/m1/s1. The molecular formula is C8H12N2S. The fourth-order valence-electron chi connectivity index (χ4n) is 1.27. The third-order valence-corrected chi connectivity index (χ3v) is 3.05. The Balaban J connectivity index is 2.30. The molecule has 2 rings (SSSR count). The van der Waals surface area contributed by atoms with Gasteiger partial charge in [-0.2, -0.15) is 0 Å². The lowest BCUT2D eigenvalue weighted by molar-refractivity contribution is 0.811. The Bertz CT molecular complexity index is 234. The molecule has 1 aromatic heterocycles. The van der Waals surface area contributed by atoms with Crippen LogP contribution < -0.4 is 5.73 Å². The van der Waals surface area contributed by atoms with Gasteiger partial charge in [0.1, 0.15) is 0 Å². The molecule has 1 aromatic rings. The van der Waals surface area contributed by atoms with Crippen LogP contribution in [0.25, 0.3) is 0 Å². The Morgan fingerprint density at radius 3 is 3.00 bits per heavy atom. The first-order chi connectivity index (χ1) is 5.29. The number of nitrogens with two attached hydrogens (primary N) is 1. The van der Waals surface area contributed by atoms with Gasteiger partial charge in [-0.15, -0.1) is 11.3 Å². The molecule has 0 bridgehead atoms. The Morgan fingerprint density at radius 2 is 2.45 bits per heavy atom. The van der Waals surface area contributed by atoms with Crippen LogP contribution in [0.4, 0.5) is 0 Å². The Morgan fingerprint density at radius 1 is 1.73 bits per heavy atom. The summed E-state index contributed by atoms with van der Waals surface area (Å²) in [5.41, 5.74) is 8.97. The molecule has 1 saturated carbocycles. The van der Waals surface area contributed by atoms with Crippen molar-refractivity contribution in [2.24, 2.45) is 5.73 Å². The SMILES string of the molecule is C[C@@H](N)c1scnc1C1CC1. The summed E-state index contributed by atoms with van der Waals surface area (Å²) in [5, 5.41) is 0. The van der Waals surface area contributed by atoms with E-state index in [0.29, 0.717) is 0 Å². The number of hydrogen-bond donors (Lipinski definition) is 1. The lowest BCUT2D eigenvalue weighted by Gasteiger charge is -2.02. The smallest absolute Gasteiger partial charge is 0.0798 e. The minimum atomic E-state index is 0.165. The summed E-state index contributed by atoms with van der Waals surface area (Å²) in [6, 6.07) is 0.165. The molecule has 0 amide bonds. The van der Waals surface area contributed by atoms with Gasteiger partial charge < -0.3 is 5.73 Å². The van der Waals surface area contributed by atoms with E-state index in [1.807, 2.05) is 12.4 Å². The maximum Gasteiger partial charge on any atom is 0.0798 e. The molecule has 1 heterocycles. The summed E-state index contributed by atoms with van der Waals surface area (Å²) in [7, 11) is 0. The van der Waals surface area contributed by atoms with Gasteiger partial charge in [-0.1, -0.05) is 0 Å². The molecule has 0 aliphatic heterocycles. The average molecular weight is 168 g/mol. The van der Waals surface area contributed by atoms with Crippen molar-refractivity contribution >= 4 is 11.3 Å². The van der Waals surface area contributed by atoms with Crippen molar-refractivity contribution in [3.8, 4) is 0 Å². The lowest BCUT2D eigenvalue weighted by Crippen LogP contribution is -2.05. The first-order valence-corrected chi connectivity index (χ1v) is 4.86. The van der Waals surface area contributed by atoms with Crippen LogP contribution in [0, 0.1) is 0 Å². The molecule has 1 aliphatic rings. The van der Waals surface area contributed by atoms with E-state index < -0.39 is 0 Å². The molecule has 0 radical (unpaired) electrons. The van der Waals surface area contributed by atoms with Gasteiger partial charge in [0.25, 0.3) is 0 Å². The van der Waals surface area contributed by atoms with E-state index in [2.05, 4.69) is 4.98 Å². The quantitative estimate of drug-likeness (QED) is 0.734. The summed E-state index contributed by atoms with van der Waals surface area (Å²) < 4.78 is 0. The monoisotopic (exact) mass is 168 g/mol. The second-order valence-electron chi connectivity index (χ2n) is 3.16. The van der Waals surface area contributed by atoms with Crippen molar-refractivity contribution < 1.29 is 0 Å². The van der Waals surface area contributed by atoms with E-state index in [-0.39, 0.29) is 6.04 Å². The number of hydrogen-bond acceptors (Lipinski definition) is 3. The maximum absolute atomic E-state index is 5.79. The summed E-state index contributed by atoms with van der Waals surface area (Å²) in [4.78, 5) is 5.62. The normalized spacial score (nSPS) is 20.2. The summed E-state index contributed by atoms with van der Waals surface area (Å²) in [6.07, 6.45) is 2.62. The summed E-state index contributed by atoms with van der Waals surface area (Å²) >= 11 is 1.69. The van der Waals surface area contributed by atoms with Gasteiger partial charge in [-0.05, 0) is 19.8 Å². The molecule has 1 fully saturated rings. The molecule has 0 unspecified atom stereocenters. The van der Waals surface area contributed by atoms with E-state index in [1.54, 1.807) is 11.3 Å². The van der Waals surface area contributed by atoms with E-state index >= 15 is 0 Å². The third kappa shape index (κ3) is 1.30. The van der Waals surface area contributed by atoms with Gasteiger partial charge in [-0.3, -0.25) is 0 Å². The van der Waals surface area contributed by atoms with Gasteiger partial charge in [0, 0.05) is 16.8 Å². The van der Waals surface area contributed by atoms with Crippen LogP contribution in [0.3, 0.4) is 0 Å². The van der Waals surface area contributed by atoms with Crippen molar-refractivity contribution in [2.45, 2.75) is 31.7 Å². The highest BCUT2D eigenvalue weighted by atomic mass is 32.1. The fraction of sp³-hybridized carbons (Fsp3) is 0.625. The zero-order chi connectivity index (χ0) is 7.84. The minimum Gasteiger partial charge on any atom is -0.323 e. The average Bonchev–Trinajstić information content (AvgIpc) is 2.68. The molecule has 0 aromatic carbocycles. The van der Waals surface area contributed by atoms with Crippen LogP contribution in [0.5, 0.6) is 0 Å².